The van der Waals surface area contributed by atoms with E-state index in [1.807, 2.05) is 45.9 Å². The summed E-state index contributed by atoms with van der Waals surface area (Å²) < 4.78 is 32.0. The Balaban J connectivity index is 2.38. The first-order valence-corrected chi connectivity index (χ1v) is 12.8. The van der Waals surface area contributed by atoms with Crippen molar-refractivity contribution in [2.75, 3.05) is 17.7 Å². The predicted octanol–water partition coefficient (Wildman–Crippen LogP) is 4.86. The highest BCUT2D eigenvalue weighted by molar-refractivity contribution is 7.92. The summed E-state index contributed by atoms with van der Waals surface area (Å²) in [6.45, 7) is 11.8. The largest absolute Gasteiger partial charge is 0.496 e. The van der Waals surface area contributed by atoms with Gasteiger partial charge in [0.2, 0.25) is 15.9 Å². The summed E-state index contributed by atoms with van der Waals surface area (Å²) in [6, 6.07) is 10.1. The van der Waals surface area contributed by atoms with Crippen LogP contribution in [0.15, 0.2) is 36.4 Å². The maximum absolute atomic E-state index is 13.3. The normalized spacial score (nSPS) is 13.5. The molecule has 2 atom stereocenters. The third-order valence-corrected chi connectivity index (χ3v) is 6.86. The number of hydrogen-bond acceptors (Lipinski definition) is 4. The summed E-state index contributed by atoms with van der Waals surface area (Å²) in [7, 11) is -2.01. The zero-order valence-electron chi connectivity index (χ0n) is 20.4. The van der Waals surface area contributed by atoms with Crippen molar-refractivity contribution in [3.63, 3.8) is 0 Å². The average molecular weight is 461 g/mol. The summed E-state index contributed by atoms with van der Waals surface area (Å²) in [6.07, 6.45) is 1.48. The fourth-order valence-corrected chi connectivity index (χ4v) is 5.16. The molecule has 176 valence electrons. The van der Waals surface area contributed by atoms with Crippen LogP contribution in [0.25, 0.3) is 0 Å². The molecule has 0 aliphatic carbocycles. The van der Waals surface area contributed by atoms with Crippen LogP contribution in [0, 0.1) is 13.8 Å². The van der Waals surface area contributed by atoms with Crippen molar-refractivity contribution in [1.82, 2.24) is 5.32 Å². The average Bonchev–Trinajstić information content (AvgIpc) is 2.71. The second-order valence-corrected chi connectivity index (χ2v) is 10.5. The van der Waals surface area contributed by atoms with Crippen LogP contribution < -0.4 is 14.4 Å². The van der Waals surface area contributed by atoms with E-state index in [0.29, 0.717) is 12.1 Å². The van der Waals surface area contributed by atoms with Crippen molar-refractivity contribution in [2.45, 2.75) is 66.0 Å². The Morgan fingerprint density at radius 3 is 2.12 bits per heavy atom. The van der Waals surface area contributed by atoms with Gasteiger partial charge in [0.25, 0.3) is 0 Å². The summed E-state index contributed by atoms with van der Waals surface area (Å²) in [4.78, 5) is 13.3. The number of carbonyl (C=O) groups is 1. The minimum Gasteiger partial charge on any atom is -0.496 e. The quantitative estimate of drug-likeness (QED) is 0.580. The number of sulfonamides is 1. The second-order valence-electron chi connectivity index (χ2n) is 8.65. The molecule has 2 rings (SSSR count). The topological polar surface area (TPSA) is 75.7 Å². The molecule has 0 aromatic heterocycles. The summed E-state index contributed by atoms with van der Waals surface area (Å²) in [5, 5.41) is 3.04. The van der Waals surface area contributed by atoms with E-state index in [2.05, 4.69) is 25.2 Å². The molecule has 0 aliphatic rings. The summed E-state index contributed by atoms with van der Waals surface area (Å²) >= 11 is 0. The number of carbonyl (C=O) groups excluding carboxylic acids is 1. The molecule has 1 amide bonds. The first kappa shape index (κ1) is 25.7. The van der Waals surface area contributed by atoms with Crippen LogP contribution in [0.4, 0.5) is 5.69 Å². The molecule has 32 heavy (non-hydrogen) atoms. The molecule has 0 radical (unpaired) electrons. The van der Waals surface area contributed by atoms with Crippen LogP contribution in [0.3, 0.4) is 0 Å². The molecule has 0 aliphatic heterocycles. The van der Waals surface area contributed by atoms with Gasteiger partial charge < -0.3 is 10.1 Å². The van der Waals surface area contributed by atoms with E-state index in [4.69, 9.17) is 4.74 Å². The Labute approximate surface area is 193 Å². The number of methoxy groups -OCH3 is 1. The Morgan fingerprint density at radius 2 is 1.66 bits per heavy atom. The Bertz CT molecular complexity index is 1050. The maximum atomic E-state index is 13.3. The van der Waals surface area contributed by atoms with E-state index in [1.165, 1.54) is 4.31 Å². The van der Waals surface area contributed by atoms with Crippen LogP contribution in [0.5, 0.6) is 5.75 Å². The van der Waals surface area contributed by atoms with Gasteiger partial charge in [-0.15, -0.1) is 0 Å². The fourth-order valence-electron chi connectivity index (χ4n) is 3.95. The van der Waals surface area contributed by atoms with Gasteiger partial charge in [0.1, 0.15) is 11.8 Å². The molecule has 7 heteroatoms. The lowest BCUT2D eigenvalue weighted by Gasteiger charge is -2.31. The molecule has 6 nitrogen and oxygen atoms in total. The maximum Gasteiger partial charge on any atom is 0.244 e. The number of rotatable bonds is 9. The smallest absolute Gasteiger partial charge is 0.244 e. The zero-order chi connectivity index (χ0) is 24.2. The van der Waals surface area contributed by atoms with Crippen molar-refractivity contribution < 1.29 is 17.9 Å². The lowest BCUT2D eigenvalue weighted by atomic mass is 9.93. The molecule has 0 bridgehead atoms. The zero-order valence-corrected chi connectivity index (χ0v) is 21.2. The van der Waals surface area contributed by atoms with Gasteiger partial charge >= 0.3 is 0 Å². The molecule has 0 heterocycles. The minimum atomic E-state index is -3.67. The van der Waals surface area contributed by atoms with Gasteiger partial charge in [0, 0.05) is 0 Å². The molecule has 0 unspecified atom stereocenters. The first-order valence-electron chi connectivity index (χ1n) is 11.0. The number of nitrogens with one attached hydrogen (secondary N) is 1. The van der Waals surface area contributed by atoms with Gasteiger partial charge in [-0.05, 0) is 74.1 Å². The third kappa shape index (κ3) is 5.82. The van der Waals surface area contributed by atoms with Crippen LogP contribution in [-0.2, 0) is 14.8 Å². The fraction of sp³-hybridized carbons (Fsp3) is 0.480. The summed E-state index contributed by atoms with van der Waals surface area (Å²) in [5.41, 5.74) is 4.56. The van der Waals surface area contributed by atoms with E-state index in [9.17, 15) is 13.2 Å². The molecule has 1 N–H and O–H groups in total. The molecular weight excluding hydrogens is 424 g/mol. The number of benzene rings is 2. The van der Waals surface area contributed by atoms with E-state index < -0.39 is 16.1 Å². The number of anilines is 1. The Hall–Kier alpha value is -2.54. The van der Waals surface area contributed by atoms with E-state index >= 15 is 0 Å². The standard InChI is InChI=1S/C25H36N2O4S/c1-9-23(27(32(8,29)30)20-12-10-17(4)11-13-20)25(28)26-19(6)22-15-21(16(2)3)24(31-7)14-18(22)5/h10-16,19,23H,9H2,1-8H3,(H,26,28)/t19-,23+/m1/s1. The highest BCUT2D eigenvalue weighted by atomic mass is 32.2. The van der Waals surface area contributed by atoms with Crippen molar-refractivity contribution in [3.8, 4) is 5.75 Å². The van der Waals surface area contributed by atoms with Crippen LogP contribution in [0.2, 0.25) is 0 Å². The van der Waals surface area contributed by atoms with Gasteiger partial charge in [-0.2, -0.15) is 0 Å². The molecule has 0 fully saturated rings. The van der Waals surface area contributed by atoms with Gasteiger partial charge in [0.05, 0.1) is 25.1 Å². The van der Waals surface area contributed by atoms with Crippen molar-refractivity contribution in [2.24, 2.45) is 0 Å². The van der Waals surface area contributed by atoms with Crippen LogP contribution in [-0.4, -0.2) is 33.7 Å². The molecular formula is C25H36N2O4S. The molecule has 2 aromatic carbocycles. The molecule has 0 spiro atoms. The molecule has 0 saturated heterocycles. The van der Waals surface area contributed by atoms with Gasteiger partial charge in [0.15, 0.2) is 0 Å². The lowest BCUT2D eigenvalue weighted by molar-refractivity contribution is -0.122. The SMILES string of the molecule is CC[C@@H](C(=O)N[C@H](C)c1cc(C(C)C)c(OC)cc1C)N(c1ccc(C)cc1)S(C)(=O)=O. The Kier molecular flexibility index (Phi) is 8.35. The van der Waals surface area contributed by atoms with Crippen LogP contribution in [0.1, 0.15) is 68.3 Å². The van der Waals surface area contributed by atoms with Gasteiger partial charge in [-0.3, -0.25) is 9.10 Å². The molecule has 2 aromatic rings. The number of nitrogens with zero attached hydrogens (tertiary/aromatic N) is 1. The van der Waals surface area contributed by atoms with E-state index in [0.717, 1.165) is 34.3 Å². The van der Waals surface area contributed by atoms with Crippen molar-refractivity contribution >= 4 is 21.6 Å². The summed E-state index contributed by atoms with van der Waals surface area (Å²) in [5.74, 6) is 0.763. The van der Waals surface area contributed by atoms with Crippen molar-refractivity contribution in [1.29, 1.82) is 0 Å². The monoisotopic (exact) mass is 460 g/mol. The number of aryl methyl sites for hydroxylation is 2. The predicted molar refractivity (Wildman–Crippen MR) is 131 cm³/mol. The first-order chi connectivity index (χ1) is 14.9. The highest BCUT2D eigenvalue weighted by Crippen LogP contribution is 2.32. The van der Waals surface area contributed by atoms with Gasteiger partial charge in [-0.1, -0.05) is 38.5 Å². The third-order valence-electron chi connectivity index (χ3n) is 5.68. The molecule has 0 saturated carbocycles. The number of amides is 1. The second kappa shape index (κ2) is 10.4. The van der Waals surface area contributed by atoms with Crippen LogP contribution >= 0.6 is 0 Å². The lowest BCUT2D eigenvalue weighted by Crippen LogP contribution is -2.49. The van der Waals surface area contributed by atoms with Crippen molar-refractivity contribution in [3.05, 3.63) is 58.7 Å². The van der Waals surface area contributed by atoms with E-state index in [1.54, 1.807) is 19.2 Å². The van der Waals surface area contributed by atoms with E-state index in [-0.39, 0.29) is 17.9 Å². The highest BCUT2D eigenvalue weighted by Gasteiger charge is 2.32. The van der Waals surface area contributed by atoms with Gasteiger partial charge in [-0.25, -0.2) is 8.42 Å². The number of ether oxygens (including phenoxy) is 1. The minimum absolute atomic E-state index is 0.262. The number of hydrogen-bond donors (Lipinski definition) is 1. The Morgan fingerprint density at radius 1 is 1.06 bits per heavy atom.